The zero-order chi connectivity index (χ0) is 14.8. The van der Waals surface area contributed by atoms with Crippen LogP contribution in [0.15, 0.2) is 35.0 Å². The van der Waals surface area contributed by atoms with Gasteiger partial charge in [0.05, 0.1) is 17.9 Å². The Bertz CT molecular complexity index is 684. The van der Waals surface area contributed by atoms with Gasteiger partial charge in [-0.3, -0.25) is 4.90 Å². The molecule has 0 atom stereocenters. The van der Waals surface area contributed by atoms with Crippen molar-refractivity contribution in [3.63, 3.8) is 0 Å². The number of hydrogen-bond acceptors (Lipinski definition) is 4. The first-order chi connectivity index (χ1) is 10.2. The molecule has 2 N–H and O–H groups in total. The number of anilines is 2. The van der Waals surface area contributed by atoms with Crippen molar-refractivity contribution in [1.82, 2.24) is 0 Å². The molecule has 2 heterocycles. The standard InChI is InChI=1S/C14H12N2O4S/c17-13(18)10-2-1-3-11-12(10)20-6-5-16(11)14(19)15-9-4-7-21-8-9/h1-4,7-8H,5-6H2,(H,15,19)(H,17,18). The minimum atomic E-state index is -1.08. The first-order valence-corrected chi connectivity index (χ1v) is 7.21. The molecule has 108 valence electrons. The molecule has 0 saturated carbocycles. The highest BCUT2D eigenvalue weighted by Crippen LogP contribution is 2.35. The van der Waals surface area contributed by atoms with Crippen molar-refractivity contribution >= 4 is 34.7 Å². The zero-order valence-corrected chi connectivity index (χ0v) is 11.7. The van der Waals surface area contributed by atoms with Gasteiger partial charge in [0, 0.05) is 5.38 Å². The van der Waals surface area contributed by atoms with Crippen molar-refractivity contribution in [2.24, 2.45) is 0 Å². The molecule has 0 radical (unpaired) electrons. The molecule has 6 nitrogen and oxygen atoms in total. The van der Waals surface area contributed by atoms with Crippen LogP contribution in [0.3, 0.4) is 0 Å². The van der Waals surface area contributed by atoms with Gasteiger partial charge in [0.25, 0.3) is 0 Å². The topological polar surface area (TPSA) is 78.9 Å². The molecule has 1 aliphatic heterocycles. The number of ether oxygens (including phenoxy) is 1. The normalized spacial score (nSPS) is 13.2. The van der Waals surface area contributed by atoms with Crippen LogP contribution in [0.1, 0.15) is 10.4 Å². The third-order valence-corrected chi connectivity index (χ3v) is 3.78. The van der Waals surface area contributed by atoms with Crippen LogP contribution in [0.25, 0.3) is 0 Å². The number of hydrogen-bond donors (Lipinski definition) is 2. The number of carbonyl (C=O) groups excluding carboxylic acids is 1. The van der Waals surface area contributed by atoms with Crippen molar-refractivity contribution in [2.75, 3.05) is 23.4 Å². The minimum absolute atomic E-state index is 0.0560. The van der Waals surface area contributed by atoms with Gasteiger partial charge >= 0.3 is 12.0 Å². The minimum Gasteiger partial charge on any atom is -0.489 e. The van der Waals surface area contributed by atoms with Crippen LogP contribution < -0.4 is 15.0 Å². The molecule has 3 rings (SSSR count). The molecule has 2 aromatic rings. The van der Waals surface area contributed by atoms with Crippen LogP contribution in [0.5, 0.6) is 5.75 Å². The van der Waals surface area contributed by atoms with E-state index in [0.29, 0.717) is 17.9 Å². The SMILES string of the molecule is O=C(O)c1cccc2c1OCCN2C(=O)Nc1ccsc1. The zero-order valence-electron chi connectivity index (χ0n) is 10.9. The number of benzene rings is 1. The number of urea groups is 1. The average molecular weight is 304 g/mol. The highest BCUT2D eigenvalue weighted by atomic mass is 32.1. The Hall–Kier alpha value is -2.54. The van der Waals surface area contributed by atoms with Gasteiger partial charge in [-0.15, -0.1) is 0 Å². The lowest BCUT2D eigenvalue weighted by atomic mass is 10.1. The predicted molar refractivity (Wildman–Crippen MR) is 79.6 cm³/mol. The highest BCUT2D eigenvalue weighted by Gasteiger charge is 2.27. The summed E-state index contributed by atoms with van der Waals surface area (Å²) in [5.74, 6) is -0.844. The fraction of sp³-hybridized carbons (Fsp3) is 0.143. The van der Waals surface area contributed by atoms with E-state index in [0.717, 1.165) is 0 Å². The van der Waals surface area contributed by atoms with E-state index in [-0.39, 0.29) is 24.0 Å². The molecule has 0 fully saturated rings. The Morgan fingerprint density at radius 1 is 1.33 bits per heavy atom. The van der Waals surface area contributed by atoms with Gasteiger partial charge in [-0.1, -0.05) is 6.07 Å². The van der Waals surface area contributed by atoms with Gasteiger partial charge in [-0.25, -0.2) is 9.59 Å². The predicted octanol–water partition coefficient (Wildman–Crippen LogP) is 2.88. The largest absolute Gasteiger partial charge is 0.489 e. The summed E-state index contributed by atoms with van der Waals surface area (Å²) in [5.41, 5.74) is 1.24. The average Bonchev–Trinajstić information content (AvgIpc) is 2.98. The maximum atomic E-state index is 12.3. The van der Waals surface area contributed by atoms with Crippen molar-refractivity contribution in [2.45, 2.75) is 0 Å². The first-order valence-electron chi connectivity index (χ1n) is 6.26. The van der Waals surface area contributed by atoms with Gasteiger partial charge in [0.2, 0.25) is 0 Å². The Morgan fingerprint density at radius 2 is 2.19 bits per heavy atom. The maximum absolute atomic E-state index is 12.3. The van der Waals surface area contributed by atoms with E-state index in [2.05, 4.69) is 5.32 Å². The molecule has 7 heteroatoms. The smallest absolute Gasteiger partial charge is 0.339 e. The molecular formula is C14H12N2O4S. The number of aromatic carboxylic acids is 1. The number of rotatable bonds is 2. The second-order valence-electron chi connectivity index (χ2n) is 4.40. The number of carboxylic acid groups (broad SMARTS) is 1. The van der Waals surface area contributed by atoms with E-state index in [1.54, 1.807) is 18.2 Å². The van der Waals surface area contributed by atoms with E-state index in [1.165, 1.54) is 22.3 Å². The molecule has 0 saturated heterocycles. The fourth-order valence-electron chi connectivity index (χ4n) is 2.15. The van der Waals surface area contributed by atoms with Gasteiger partial charge in [0.15, 0.2) is 5.75 Å². The summed E-state index contributed by atoms with van der Waals surface area (Å²) in [6, 6.07) is 6.23. The van der Waals surface area contributed by atoms with Crippen LogP contribution in [0.4, 0.5) is 16.2 Å². The molecular weight excluding hydrogens is 292 g/mol. The molecule has 1 aliphatic rings. The third-order valence-electron chi connectivity index (χ3n) is 3.09. The van der Waals surface area contributed by atoms with E-state index < -0.39 is 5.97 Å². The Labute approximate surface area is 124 Å². The lowest BCUT2D eigenvalue weighted by Crippen LogP contribution is -2.41. The number of carboxylic acids is 1. The van der Waals surface area contributed by atoms with Crippen LogP contribution in [0.2, 0.25) is 0 Å². The molecule has 0 spiro atoms. The molecule has 1 aromatic heterocycles. The Balaban J connectivity index is 1.92. The number of thiophene rings is 1. The van der Waals surface area contributed by atoms with Gasteiger partial charge in [-0.05, 0) is 23.6 Å². The summed E-state index contributed by atoms with van der Waals surface area (Å²) in [6.07, 6.45) is 0. The van der Waals surface area contributed by atoms with Gasteiger partial charge < -0.3 is 15.2 Å². The Morgan fingerprint density at radius 3 is 2.90 bits per heavy atom. The van der Waals surface area contributed by atoms with Crippen LogP contribution in [-0.2, 0) is 0 Å². The maximum Gasteiger partial charge on any atom is 0.339 e. The van der Waals surface area contributed by atoms with E-state index in [9.17, 15) is 14.7 Å². The summed E-state index contributed by atoms with van der Waals surface area (Å²) in [5, 5.41) is 15.6. The summed E-state index contributed by atoms with van der Waals surface area (Å²) >= 11 is 1.48. The quantitative estimate of drug-likeness (QED) is 0.894. The molecule has 1 aromatic carbocycles. The van der Waals surface area contributed by atoms with E-state index in [1.807, 2.05) is 10.8 Å². The second kappa shape index (κ2) is 5.45. The highest BCUT2D eigenvalue weighted by molar-refractivity contribution is 7.08. The van der Waals surface area contributed by atoms with Crippen LogP contribution in [0, 0.1) is 0 Å². The number of fused-ring (bicyclic) bond motifs is 1. The number of para-hydroxylation sites is 1. The summed E-state index contributed by atoms with van der Waals surface area (Å²) in [4.78, 5) is 25.0. The fourth-order valence-corrected chi connectivity index (χ4v) is 2.74. The van der Waals surface area contributed by atoms with Crippen molar-refractivity contribution in [1.29, 1.82) is 0 Å². The number of carbonyl (C=O) groups is 2. The van der Waals surface area contributed by atoms with Gasteiger partial charge in [0.1, 0.15) is 12.2 Å². The van der Waals surface area contributed by atoms with Crippen molar-refractivity contribution in [3.05, 3.63) is 40.6 Å². The third kappa shape index (κ3) is 2.55. The van der Waals surface area contributed by atoms with Crippen LogP contribution >= 0.6 is 11.3 Å². The monoisotopic (exact) mass is 304 g/mol. The molecule has 0 aliphatic carbocycles. The molecule has 0 bridgehead atoms. The van der Waals surface area contributed by atoms with Crippen molar-refractivity contribution in [3.8, 4) is 5.75 Å². The van der Waals surface area contributed by atoms with E-state index in [4.69, 9.17) is 4.74 Å². The second-order valence-corrected chi connectivity index (χ2v) is 5.18. The number of nitrogens with one attached hydrogen (secondary N) is 1. The molecule has 21 heavy (non-hydrogen) atoms. The van der Waals surface area contributed by atoms with E-state index >= 15 is 0 Å². The lowest BCUT2D eigenvalue weighted by molar-refractivity contribution is 0.0692. The van der Waals surface area contributed by atoms with Gasteiger partial charge in [-0.2, -0.15) is 11.3 Å². The van der Waals surface area contributed by atoms with Crippen molar-refractivity contribution < 1.29 is 19.4 Å². The lowest BCUT2D eigenvalue weighted by Gasteiger charge is -2.30. The number of nitrogens with zero attached hydrogens (tertiary/aromatic N) is 1. The molecule has 0 unspecified atom stereocenters. The summed E-state index contributed by atoms with van der Waals surface area (Å²) in [7, 11) is 0. The number of amides is 2. The summed E-state index contributed by atoms with van der Waals surface area (Å²) < 4.78 is 5.43. The first kappa shape index (κ1) is 13.4. The Kier molecular flexibility index (Phi) is 3.49. The van der Waals surface area contributed by atoms with Crippen LogP contribution in [-0.4, -0.2) is 30.3 Å². The molecule has 2 amide bonds. The summed E-state index contributed by atoms with van der Waals surface area (Å²) in [6.45, 7) is 0.625.